The van der Waals surface area contributed by atoms with E-state index in [0.29, 0.717) is 28.6 Å². The molecule has 0 atom stereocenters. The predicted octanol–water partition coefficient (Wildman–Crippen LogP) is 2.93. The zero-order valence-corrected chi connectivity index (χ0v) is 11.2. The number of nitrogens with zero attached hydrogens (tertiary/aromatic N) is 3. The summed E-state index contributed by atoms with van der Waals surface area (Å²) in [5, 5.41) is 5.93. The Morgan fingerprint density at radius 3 is 2.90 bits per heavy atom. The first-order valence-electron chi connectivity index (χ1n) is 5.78. The second-order valence-corrected chi connectivity index (χ2v) is 4.41. The third-order valence-electron chi connectivity index (χ3n) is 2.69. The van der Waals surface area contributed by atoms with Crippen molar-refractivity contribution >= 4 is 40.2 Å². The Kier molecular flexibility index (Phi) is 3.11. The SMILES string of the molecule is CNc1nc(Nc2ccc(Cl)c(F)c2)c2[nH]cnc2n1. The van der Waals surface area contributed by atoms with Crippen molar-refractivity contribution < 1.29 is 4.39 Å². The summed E-state index contributed by atoms with van der Waals surface area (Å²) < 4.78 is 13.4. The summed E-state index contributed by atoms with van der Waals surface area (Å²) in [7, 11) is 1.71. The van der Waals surface area contributed by atoms with E-state index < -0.39 is 5.82 Å². The van der Waals surface area contributed by atoms with Crippen LogP contribution in [0.3, 0.4) is 0 Å². The van der Waals surface area contributed by atoms with Crippen LogP contribution < -0.4 is 10.6 Å². The molecular weight excluding hydrogens is 283 g/mol. The fraction of sp³-hybridized carbons (Fsp3) is 0.0833. The normalized spacial score (nSPS) is 10.8. The number of imidazole rings is 1. The maximum absolute atomic E-state index is 13.4. The average Bonchev–Trinajstić information content (AvgIpc) is 2.91. The molecule has 102 valence electrons. The van der Waals surface area contributed by atoms with Crippen LogP contribution in [0.5, 0.6) is 0 Å². The van der Waals surface area contributed by atoms with Gasteiger partial charge in [0.15, 0.2) is 11.5 Å². The Balaban J connectivity index is 2.04. The Bertz CT molecular complexity index is 772. The number of halogens is 2. The molecular formula is C12H10ClFN6. The first kappa shape index (κ1) is 12.6. The molecule has 3 N–H and O–H groups in total. The number of aromatic amines is 1. The van der Waals surface area contributed by atoms with Crippen LogP contribution in [0.2, 0.25) is 5.02 Å². The highest BCUT2D eigenvalue weighted by Gasteiger charge is 2.10. The number of H-pyrrole nitrogens is 1. The zero-order chi connectivity index (χ0) is 14.1. The largest absolute Gasteiger partial charge is 0.357 e. The van der Waals surface area contributed by atoms with E-state index >= 15 is 0 Å². The lowest BCUT2D eigenvalue weighted by atomic mass is 10.3. The first-order chi connectivity index (χ1) is 9.67. The Hall–Kier alpha value is -2.41. The molecule has 3 rings (SSSR count). The van der Waals surface area contributed by atoms with Crippen LogP contribution in [0.15, 0.2) is 24.5 Å². The standard InChI is InChI=1S/C12H10ClFN6/c1-15-12-19-10-9(16-5-17-10)11(20-12)18-6-2-3-7(13)8(14)4-6/h2-5H,1H3,(H3,15,16,17,18,19,20). The van der Waals surface area contributed by atoms with E-state index in [1.807, 2.05) is 0 Å². The molecule has 0 radical (unpaired) electrons. The summed E-state index contributed by atoms with van der Waals surface area (Å²) in [6, 6.07) is 4.43. The molecule has 0 aliphatic rings. The van der Waals surface area contributed by atoms with Crippen LogP contribution in [0.4, 0.5) is 21.8 Å². The third-order valence-corrected chi connectivity index (χ3v) is 3.00. The molecule has 0 bridgehead atoms. The second-order valence-electron chi connectivity index (χ2n) is 4.00. The molecule has 0 unspecified atom stereocenters. The molecule has 2 heterocycles. The van der Waals surface area contributed by atoms with Crippen LogP contribution in [0, 0.1) is 5.82 Å². The van der Waals surface area contributed by atoms with Crippen LogP contribution in [0.25, 0.3) is 11.2 Å². The van der Waals surface area contributed by atoms with Gasteiger partial charge in [-0.2, -0.15) is 9.97 Å². The topological polar surface area (TPSA) is 78.5 Å². The van der Waals surface area contributed by atoms with Gasteiger partial charge < -0.3 is 15.6 Å². The van der Waals surface area contributed by atoms with Crippen LogP contribution >= 0.6 is 11.6 Å². The van der Waals surface area contributed by atoms with Crippen LogP contribution in [-0.4, -0.2) is 27.0 Å². The highest BCUT2D eigenvalue weighted by molar-refractivity contribution is 6.30. The molecule has 2 aromatic heterocycles. The van der Waals surface area contributed by atoms with Crippen LogP contribution in [0.1, 0.15) is 0 Å². The minimum atomic E-state index is -0.500. The highest BCUT2D eigenvalue weighted by Crippen LogP contribution is 2.25. The van der Waals surface area contributed by atoms with Crippen molar-refractivity contribution in [2.24, 2.45) is 0 Å². The molecule has 0 fully saturated rings. The van der Waals surface area contributed by atoms with Gasteiger partial charge in [0.25, 0.3) is 0 Å². The number of rotatable bonds is 3. The maximum Gasteiger partial charge on any atom is 0.226 e. The van der Waals surface area contributed by atoms with Crippen molar-refractivity contribution in [2.45, 2.75) is 0 Å². The van der Waals surface area contributed by atoms with Gasteiger partial charge >= 0.3 is 0 Å². The zero-order valence-electron chi connectivity index (χ0n) is 10.4. The van der Waals surface area contributed by atoms with E-state index in [1.54, 1.807) is 13.1 Å². The molecule has 0 saturated carbocycles. The summed E-state index contributed by atoms with van der Waals surface area (Å²) in [5.41, 5.74) is 1.68. The molecule has 8 heteroatoms. The molecule has 6 nitrogen and oxygen atoms in total. The van der Waals surface area contributed by atoms with E-state index in [-0.39, 0.29) is 5.02 Å². The van der Waals surface area contributed by atoms with Gasteiger partial charge in [-0.3, -0.25) is 0 Å². The summed E-state index contributed by atoms with van der Waals surface area (Å²) in [4.78, 5) is 15.5. The van der Waals surface area contributed by atoms with E-state index in [0.717, 1.165) is 0 Å². The summed E-state index contributed by atoms with van der Waals surface area (Å²) in [5.74, 6) is 0.417. The van der Waals surface area contributed by atoms with Crippen LogP contribution in [-0.2, 0) is 0 Å². The predicted molar refractivity (Wildman–Crippen MR) is 75.9 cm³/mol. The van der Waals surface area contributed by atoms with Crippen molar-refractivity contribution in [1.29, 1.82) is 0 Å². The number of hydrogen-bond donors (Lipinski definition) is 3. The summed E-state index contributed by atoms with van der Waals surface area (Å²) in [6.45, 7) is 0. The fourth-order valence-electron chi connectivity index (χ4n) is 1.75. The monoisotopic (exact) mass is 292 g/mol. The molecule has 0 amide bonds. The quantitative estimate of drug-likeness (QED) is 0.692. The Morgan fingerprint density at radius 1 is 1.30 bits per heavy atom. The van der Waals surface area contributed by atoms with Gasteiger partial charge in [-0.1, -0.05) is 11.6 Å². The minimum absolute atomic E-state index is 0.0702. The van der Waals surface area contributed by atoms with E-state index in [9.17, 15) is 4.39 Å². The molecule has 1 aromatic carbocycles. The summed E-state index contributed by atoms with van der Waals surface area (Å²) in [6.07, 6.45) is 1.52. The minimum Gasteiger partial charge on any atom is -0.357 e. The average molecular weight is 293 g/mol. The second kappa shape index (κ2) is 4.93. The Labute approximate surface area is 118 Å². The lowest BCUT2D eigenvalue weighted by Crippen LogP contribution is -2.02. The number of hydrogen-bond acceptors (Lipinski definition) is 5. The van der Waals surface area contributed by atoms with E-state index in [1.165, 1.54) is 18.5 Å². The van der Waals surface area contributed by atoms with Gasteiger partial charge in [0, 0.05) is 12.7 Å². The van der Waals surface area contributed by atoms with Gasteiger partial charge in [0.2, 0.25) is 5.95 Å². The molecule has 0 aliphatic carbocycles. The van der Waals surface area contributed by atoms with Gasteiger partial charge in [-0.15, -0.1) is 0 Å². The molecule has 0 saturated heterocycles. The van der Waals surface area contributed by atoms with Crippen molar-refractivity contribution in [1.82, 2.24) is 19.9 Å². The van der Waals surface area contributed by atoms with Gasteiger partial charge in [0.1, 0.15) is 11.3 Å². The number of aromatic nitrogens is 4. The molecule has 0 spiro atoms. The third kappa shape index (κ3) is 2.23. The van der Waals surface area contributed by atoms with Gasteiger partial charge in [-0.05, 0) is 18.2 Å². The van der Waals surface area contributed by atoms with Gasteiger partial charge in [0.05, 0.1) is 11.3 Å². The van der Waals surface area contributed by atoms with E-state index in [4.69, 9.17) is 11.6 Å². The lowest BCUT2D eigenvalue weighted by molar-refractivity contribution is 0.629. The number of nitrogens with one attached hydrogen (secondary N) is 3. The van der Waals surface area contributed by atoms with Gasteiger partial charge in [-0.25, -0.2) is 9.37 Å². The first-order valence-corrected chi connectivity index (χ1v) is 6.16. The fourth-order valence-corrected chi connectivity index (χ4v) is 1.86. The smallest absolute Gasteiger partial charge is 0.226 e. The maximum atomic E-state index is 13.4. The molecule has 3 aromatic rings. The molecule has 20 heavy (non-hydrogen) atoms. The number of fused-ring (bicyclic) bond motifs is 1. The number of benzene rings is 1. The van der Waals surface area contributed by atoms with Crippen molar-refractivity contribution in [2.75, 3.05) is 17.7 Å². The van der Waals surface area contributed by atoms with Crippen molar-refractivity contribution in [3.05, 3.63) is 35.4 Å². The highest BCUT2D eigenvalue weighted by atomic mass is 35.5. The Morgan fingerprint density at radius 2 is 2.15 bits per heavy atom. The number of anilines is 3. The van der Waals surface area contributed by atoms with Crippen molar-refractivity contribution in [3.63, 3.8) is 0 Å². The summed E-state index contributed by atoms with van der Waals surface area (Å²) >= 11 is 5.65. The van der Waals surface area contributed by atoms with Crippen molar-refractivity contribution in [3.8, 4) is 0 Å². The molecule has 0 aliphatic heterocycles. The lowest BCUT2D eigenvalue weighted by Gasteiger charge is -2.08. The van der Waals surface area contributed by atoms with E-state index in [2.05, 4.69) is 30.6 Å².